The topological polar surface area (TPSA) is 54.2 Å². The number of nitrogens with zero attached hydrogens (tertiary/aromatic N) is 3. The third kappa shape index (κ3) is 7.73. The Morgan fingerprint density at radius 1 is 1.33 bits per heavy atom. The maximum Gasteiger partial charge on any atom is 0.191 e. The van der Waals surface area contributed by atoms with E-state index in [2.05, 4.69) is 41.5 Å². The molecule has 0 aliphatic carbocycles. The number of hydrogen-bond donors (Lipinski definition) is 2. The zero-order valence-electron chi connectivity index (χ0n) is 14.0. The van der Waals surface area contributed by atoms with E-state index in [9.17, 15) is 0 Å². The maximum absolute atomic E-state index is 4.62. The fourth-order valence-corrected chi connectivity index (χ4v) is 2.23. The van der Waals surface area contributed by atoms with Crippen LogP contribution in [0.5, 0.6) is 0 Å². The molecule has 0 saturated carbocycles. The molecule has 0 saturated heterocycles. The van der Waals surface area contributed by atoms with Gasteiger partial charge in [0.15, 0.2) is 5.96 Å². The van der Waals surface area contributed by atoms with Gasteiger partial charge in [-0.25, -0.2) is 4.99 Å². The van der Waals surface area contributed by atoms with Crippen LogP contribution >= 0.6 is 0 Å². The van der Waals surface area contributed by atoms with Crippen molar-refractivity contribution in [1.29, 1.82) is 0 Å². The fraction of sp³-hybridized carbons (Fsp3) is 0.750. The van der Waals surface area contributed by atoms with Crippen LogP contribution in [0.1, 0.15) is 58.4 Å². The van der Waals surface area contributed by atoms with Gasteiger partial charge in [-0.1, -0.05) is 32.6 Å². The summed E-state index contributed by atoms with van der Waals surface area (Å²) in [7, 11) is 1.93. The van der Waals surface area contributed by atoms with Crippen LogP contribution in [0.15, 0.2) is 17.4 Å². The van der Waals surface area contributed by atoms with Gasteiger partial charge in [0, 0.05) is 31.4 Å². The molecule has 21 heavy (non-hydrogen) atoms. The third-order valence-corrected chi connectivity index (χ3v) is 3.40. The summed E-state index contributed by atoms with van der Waals surface area (Å²) < 4.78 is 1.81. The molecule has 0 aliphatic rings. The van der Waals surface area contributed by atoms with Crippen molar-refractivity contribution in [3.05, 3.63) is 18.0 Å². The zero-order chi connectivity index (χ0) is 15.5. The van der Waals surface area contributed by atoms with Crippen molar-refractivity contribution in [2.24, 2.45) is 12.0 Å². The van der Waals surface area contributed by atoms with Crippen LogP contribution in [0, 0.1) is 0 Å². The Hall–Kier alpha value is -1.52. The Morgan fingerprint density at radius 3 is 2.76 bits per heavy atom. The molecule has 2 N–H and O–H groups in total. The standard InChI is InChI=1S/C16H31N5/c1-5-7-8-9-10-14(3)20-16(17-6-2)18-11-15-12-19-21(4)13-15/h12-14H,5-11H2,1-4H3,(H2,17,18,20). The number of aryl methyl sites for hydroxylation is 1. The van der Waals surface area contributed by atoms with E-state index in [0.717, 1.165) is 18.1 Å². The highest BCUT2D eigenvalue weighted by atomic mass is 15.2. The van der Waals surface area contributed by atoms with Crippen molar-refractivity contribution in [2.75, 3.05) is 6.54 Å². The molecule has 1 aromatic rings. The van der Waals surface area contributed by atoms with Crippen molar-refractivity contribution in [1.82, 2.24) is 20.4 Å². The van der Waals surface area contributed by atoms with Crippen molar-refractivity contribution >= 4 is 5.96 Å². The lowest BCUT2D eigenvalue weighted by molar-refractivity contribution is 0.537. The summed E-state index contributed by atoms with van der Waals surface area (Å²) in [4.78, 5) is 4.62. The van der Waals surface area contributed by atoms with Crippen molar-refractivity contribution in [3.8, 4) is 0 Å². The smallest absolute Gasteiger partial charge is 0.191 e. The SMILES string of the molecule is CCCCCCC(C)NC(=NCc1cnn(C)c1)NCC. The van der Waals surface area contributed by atoms with Gasteiger partial charge >= 0.3 is 0 Å². The van der Waals surface area contributed by atoms with E-state index in [1.54, 1.807) is 0 Å². The molecule has 5 nitrogen and oxygen atoms in total. The van der Waals surface area contributed by atoms with E-state index in [1.165, 1.54) is 32.1 Å². The van der Waals surface area contributed by atoms with Gasteiger partial charge in [0.1, 0.15) is 0 Å². The summed E-state index contributed by atoms with van der Waals surface area (Å²) >= 11 is 0. The Kier molecular flexibility index (Phi) is 8.55. The number of guanidine groups is 1. The van der Waals surface area contributed by atoms with Crippen LogP contribution in [-0.2, 0) is 13.6 Å². The van der Waals surface area contributed by atoms with Gasteiger partial charge in [0.05, 0.1) is 12.7 Å². The maximum atomic E-state index is 4.62. The van der Waals surface area contributed by atoms with Gasteiger partial charge in [0.2, 0.25) is 0 Å². The summed E-state index contributed by atoms with van der Waals surface area (Å²) in [6.45, 7) is 8.10. The monoisotopic (exact) mass is 293 g/mol. The second-order valence-corrected chi connectivity index (χ2v) is 5.61. The first-order valence-electron chi connectivity index (χ1n) is 8.18. The minimum atomic E-state index is 0.452. The molecule has 0 bridgehead atoms. The summed E-state index contributed by atoms with van der Waals surface area (Å²) in [6.07, 6.45) is 10.3. The first-order chi connectivity index (χ1) is 10.2. The molecule has 120 valence electrons. The van der Waals surface area contributed by atoms with Crippen molar-refractivity contribution in [3.63, 3.8) is 0 Å². The number of nitrogens with one attached hydrogen (secondary N) is 2. The normalized spacial score (nSPS) is 13.2. The van der Waals surface area contributed by atoms with Gasteiger partial charge in [-0.05, 0) is 20.3 Å². The van der Waals surface area contributed by atoms with Gasteiger partial charge in [-0.2, -0.15) is 5.10 Å². The molecule has 0 radical (unpaired) electrons. The molecule has 0 aromatic carbocycles. The molecule has 0 aliphatic heterocycles. The molecule has 0 spiro atoms. The van der Waals surface area contributed by atoms with E-state index < -0.39 is 0 Å². The van der Waals surface area contributed by atoms with Crippen LogP contribution in [0.25, 0.3) is 0 Å². The Morgan fingerprint density at radius 2 is 2.14 bits per heavy atom. The van der Waals surface area contributed by atoms with Crippen molar-refractivity contribution < 1.29 is 0 Å². The number of hydrogen-bond acceptors (Lipinski definition) is 2. The van der Waals surface area contributed by atoms with Crippen LogP contribution in [0.4, 0.5) is 0 Å². The highest BCUT2D eigenvalue weighted by Crippen LogP contribution is 2.05. The molecule has 1 atom stereocenters. The zero-order valence-corrected chi connectivity index (χ0v) is 14.0. The van der Waals surface area contributed by atoms with Gasteiger partial charge in [-0.15, -0.1) is 0 Å². The predicted molar refractivity (Wildman–Crippen MR) is 89.4 cm³/mol. The lowest BCUT2D eigenvalue weighted by Crippen LogP contribution is -2.42. The Labute approximate surface area is 129 Å². The first-order valence-corrected chi connectivity index (χ1v) is 8.18. The van der Waals surface area contributed by atoms with Crippen LogP contribution in [-0.4, -0.2) is 28.3 Å². The molecule has 1 heterocycles. The highest BCUT2D eigenvalue weighted by molar-refractivity contribution is 5.80. The average molecular weight is 293 g/mol. The number of aromatic nitrogens is 2. The van der Waals surface area contributed by atoms with E-state index in [1.807, 2.05) is 24.1 Å². The second kappa shape index (κ2) is 10.2. The molecule has 1 aromatic heterocycles. The van der Waals surface area contributed by atoms with E-state index in [4.69, 9.17) is 0 Å². The Balaban J connectivity index is 2.40. The fourth-order valence-electron chi connectivity index (χ4n) is 2.23. The second-order valence-electron chi connectivity index (χ2n) is 5.61. The van der Waals surface area contributed by atoms with Gasteiger partial charge < -0.3 is 10.6 Å². The molecule has 1 unspecified atom stereocenters. The number of aliphatic imine (C=N–C) groups is 1. The van der Waals surface area contributed by atoms with Crippen molar-refractivity contribution in [2.45, 2.75) is 65.5 Å². The predicted octanol–water partition coefficient (Wildman–Crippen LogP) is 2.83. The van der Waals surface area contributed by atoms with E-state index in [0.29, 0.717) is 12.6 Å². The van der Waals surface area contributed by atoms with E-state index >= 15 is 0 Å². The lowest BCUT2D eigenvalue weighted by atomic mass is 10.1. The molecule has 1 rings (SSSR count). The molecular formula is C16H31N5. The first kappa shape index (κ1) is 17.5. The van der Waals surface area contributed by atoms with Crippen LogP contribution < -0.4 is 10.6 Å². The summed E-state index contributed by atoms with van der Waals surface area (Å²) in [5.41, 5.74) is 1.13. The van der Waals surface area contributed by atoms with Gasteiger partial charge in [0.25, 0.3) is 0 Å². The minimum absolute atomic E-state index is 0.452. The Bertz CT molecular complexity index is 411. The number of rotatable bonds is 9. The van der Waals surface area contributed by atoms with Crippen LogP contribution in [0.2, 0.25) is 0 Å². The van der Waals surface area contributed by atoms with Crippen LogP contribution in [0.3, 0.4) is 0 Å². The lowest BCUT2D eigenvalue weighted by Gasteiger charge is -2.17. The molecule has 0 fully saturated rings. The highest BCUT2D eigenvalue weighted by Gasteiger charge is 2.05. The molecule has 5 heteroatoms. The number of unbranched alkanes of at least 4 members (excludes halogenated alkanes) is 3. The quantitative estimate of drug-likeness (QED) is 0.418. The molecular weight excluding hydrogens is 262 g/mol. The average Bonchev–Trinajstić information content (AvgIpc) is 2.87. The summed E-state index contributed by atoms with van der Waals surface area (Å²) in [5, 5.41) is 11.0. The largest absolute Gasteiger partial charge is 0.357 e. The summed E-state index contributed by atoms with van der Waals surface area (Å²) in [5.74, 6) is 0.893. The third-order valence-electron chi connectivity index (χ3n) is 3.40. The van der Waals surface area contributed by atoms with E-state index in [-0.39, 0.29) is 0 Å². The minimum Gasteiger partial charge on any atom is -0.357 e. The summed E-state index contributed by atoms with van der Waals surface area (Å²) in [6, 6.07) is 0.452. The molecule has 0 amide bonds. The van der Waals surface area contributed by atoms with Gasteiger partial charge in [-0.3, -0.25) is 4.68 Å².